The van der Waals surface area contributed by atoms with Crippen LogP contribution in [0.1, 0.15) is 17.2 Å². The highest BCUT2D eigenvalue weighted by Crippen LogP contribution is 2.24. The van der Waals surface area contributed by atoms with E-state index in [2.05, 4.69) is 0 Å². The monoisotopic (exact) mass is 317 g/mol. The second kappa shape index (κ2) is 6.87. The van der Waals surface area contributed by atoms with Gasteiger partial charge in [0, 0.05) is 12.1 Å². The predicted molar refractivity (Wildman–Crippen MR) is 81.8 cm³/mol. The lowest BCUT2D eigenvalue weighted by atomic mass is 10.1. The van der Waals surface area contributed by atoms with E-state index >= 15 is 0 Å². The Bertz CT molecular complexity index is 688. The molecule has 3 rings (SSSR count). The van der Waals surface area contributed by atoms with Crippen LogP contribution in [0.15, 0.2) is 48.5 Å². The van der Waals surface area contributed by atoms with Gasteiger partial charge in [-0.25, -0.2) is 8.78 Å². The summed E-state index contributed by atoms with van der Waals surface area (Å²) in [5, 5.41) is 0. The van der Waals surface area contributed by atoms with Gasteiger partial charge >= 0.3 is 0 Å². The molecule has 0 bridgehead atoms. The highest BCUT2D eigenvalue weighted by molar-refractivity contribution is 5.78. The molecule has 1 atom stereocenters. The third-order valence-electron chi connectivity index (χ3n) is 3.94. The molecule has 0 saturated carbocycles. The maximum Gasteiger partial charge on any atom is 0.227 e. The zero-order chi connectivity index (χ0) is 16.2. The number of hydrogen-bond donors (Lipinski definition) is 0. The molecule has 1 amide bonds. The predicted octanol–water partition coefficient (Wildman–Crippen LogP) is 3.11. The molecule has 2 aromatic carbocycles. The molecule has 0 aromatic heterocycles. The Kier molecular flexibility index (Phi) is 4.67. The van der Waals surface area contributed by atoms with E-state index in [9.17, 15) is 13.6 Å². The quantitative estimate of drug-likeness (QED) is 0.870. The molecule has 120 valence electrons. The summed E-state index contributed by atoms with van der Waals surface area (Å²) < 4.78 is 32.4. The number of hydrogen-bond acceptors (Lipinski definition) is 2. The Morgan fingerprint density at radius 1 is 1.13 bits per heavy atom. The second-order valence-electron chi connectivity index (χ2n) is 5.52. The lowest BCUT2D eigenvalue weighted by Crippen LogP contribution is -2.43. The fraction of sp³-hybridized carbons (Fsp3) is 0.278. The molecule has 2 aromatic rings. The van der Waals surface area contributed by atoms with Gasteiger partial charge in [-0.2, -0.15) is 0 Å². The van der Waals surface area contributed by atoms with E-state index in [1.807, 2.05) is 0 Å². The van der Waals surface area contributed by atoms with Gasteiger partial charge in [0.2, 0.25) is 5.91 Å². The van der Waals surface area contributed by atoms with Gasteiger partial charge in [0.25, 0.3) is 0 Å². The Morgan fingerprint density at radius 3 is 2.61 bits per heavy atom. The lowest BCUT2D eigenvalue weighted by molar-refractivity contribution is -0.138. The summed E-state index contributed by atoms with van der Waals surface area (Å²) in [6, 6.07) is 12.3. The van der Waals surface area contributed by atoms with Crippen molar-refractivity contribution in [1.82, 2.24) is 4.90 Å². The van der Waals surface area contributed by atoms with Crippen LogP contribution in [0, 0.1) is 11.6 Å². The lowest BCUT2D eigenvalue weighted by Gasteiger charge is -2.33. The van der Waals surface area contributed by atoms with Crippen LogP contribution in [0.5, 0.6) is 0 Å². The number of halogens is 2. The minimum Gasteiger partial charge on any atom is -0.370 e. The van der Waals surface area contributed by atoms with E-state index in [0.29, 0.717) is 25.3 Å². The first-order valence-electron chi connectivity index (χ1n) is 7.52. The van der Waals surface area contributed by atoms with Gasteiger partial charge in [-0.05, 0) is 23.8 Å². The Balaban J connectivity index is 1.67. The number of nitrogens with zero attached hydrogens (tertiary/aromatic N) is 1. The molecule has 1 fully saturated rings. The molecule has 0 N–H and O–H groups in total. The zero-order valence-corrected chi connectivity index (χ0v) is 12.5. The zero-order valence-electron chi connectivity index (χ0n) is 12.5. The summed E-state index contributed by atoms with van der Waals surface area (Å²) in [6.45, 7) is 1.17. The minimum atomic E-state index is -0.456. The van der Waals surface area contributed by atoms with Crippen LogP contribution in [0.3, 0.4) is 0 Å². The first kappa shape index (κ1) is 15.6. The van der Waals surface area contributed by atoms with Crippen molar-refractivity contribution in [1.29, 1.82) is 0 Å². The summed E-state index contributed by atoms with van der Waals surface area (Å²) in [4.78, 5) is 14.1. The van der Waals surface area contributed by atoms with E-state index < -0.39 is 6.10 Å². The molecular weight excluding hydrogens is 300 g/mol. The van der Waals surface area contributed by atoms with Crippen LogP contribution in [0.25, 0.3) is 0 Å². The Hall–Kier alpha value is -2.27. The van der Waals surface area contributed by atoms with Crippen molar-refractivity contribution in [3.63, 3.8) is 0 Å². The van der Waals surface area contributed by atoms with Gasteiger partial charge in [0.15, 0.2) is 0 Å². The third kappa shape index (κ3) is 3.74. The van der Waals surface area contributed by atoms with Crippen LogP contribution in [-0.2, 0) is 16.0 Å². The highest BCUT2D eigenvalue weighted by atomic mass is 19.1. The highest BCUT2D eigenvalue weighted by Gasteiger charge is 2.26. The van der Waals surface area contributed by atoms with Gasteiger partial charge in [0.05, 0.1) is 19.6 Å². The number of ether oxygens (including phenoxy) is 1. The fourth-order valence-electron chi connectivity index (χ4n) is 2.69. The molecular formula is C18H17F2NO2. The molecule has 1 unspecified atom stereocenters. The van der Waals surface area contributed by atoms with Crippen LogP contribution in [0.2, 0.25) is 0 Å². The molecule has 0 aliphatic carbocycles. The summed E-state index contributed by atoms with van der Waals surface area (Å²) >= 11 is 0. The van der Waals surface area contributed by atoms with E-state index in [-0.39, 0.29) is 24.0 Å². The van der Waals surface area contributed by atoms with Crippen molar-refractivity contribution in [3.05, 3.63) is 71.3 Å². The largest absolute Gasteiger partial charge is 0.370 e. The smallest absolute Gasteiger partial charge is 0.227 e. The average Bonchev–Trinajstić information content (AvgIpc) is 2.57. The third-order valence-corrected chi connectivity index (χ3v) is 3.94. The van der Waals surface area contributed by atoms with Gasteiger partial charge < -0.3 is 9.64 Å². The number of rotatable bonds is 3. The van der Waals surface area contributed by atoms with Gasteiger partial charge in [-0.15, -0.1) is 0 Å². The van der Waals surface area contributed by atoms with E-state index in [4.69, 9.17) is 4.74 Å². The van der Waals surface area contributed by atoms with Crippen molar-refractivity contribution >= 4 is 5.91 Å². The van der Waals surface area contributed by atoms with Crippen LogP contribution >= 0.6 is 0 Å². The van der Waals surface area contributed by atoms with E-state index in [0.717, 1.165) is 5.56 Å². The van der Waals surface area contributed by atoms with Gasteiger partial charge in [-0.1, -0.05) is 30.3 Å². The summed E-state index contributed by atoms with van der Waals surface area (Å²) in [7, 11) is 0. The molecule has 3 nitrogen and oxygen atoms in total. The Morgan fingerprint density at radius 2 is 1.87 bits per heavy atom. The van der Waals surface area contributed by atoms with Crippen molar-refractivity contribution in [2.24, 2.45) is 0 Å². The van der Waals surface area contributed by atoms with Crippen molar-refractivity contribution < 1.29 is 18.3 Å². The van der Waals surface area contributed by atoms with Crippen LogP contribution in [0.4, 0.5) is 8.78 Å². The maximum atomic E-state index is 13.9. The number of morpholine rings is 1. The van der Waals surface area contributed by atoms with E-state index in [1.54, 1.807) is 35.2 Å². The van der Waals surface area contributed by atoms with E-state index in [1.165, 1.54) is 18.2 Å². The van der Waals surface area contributed by atoms with Crippen LogP contribution in [-0.4, -0.2) is 30.5 Å². The van der Waals surface area contributed by atoms with Gasteiger partial charge in [0.1, 0.15) is 17.7 Å². The number of carbonyl (C=O) groups excluding carboxylic acids is 1. The van der Waals surface area contributed by atoms with Crippen molar-refractivity contribution in [2.75, 3.05) is 19.7 Å². The minimum absolute atomic E-state index is 0.0683. The normalized spacial score (nSPS) is 18.0. The average molecular weight is 317 g/mol. The molecule has 5 heteroatoms. The topological polar surface area (TPSA) is 29.5 Å². The SMILES string of the molecule is O=C(Cc1ccc(F)cc1)N1CCOC(c2ccccc2F)C1. The fourth-order valence-corrected chi connectivity index (χ4v) is 2.69. The van der Waals surface area contributed by atoms with Crippen molar-refractivity contribution in [2.45, 2.75) is 12.5 Å². The molecule has 23 heavy (non-hydrogen) atoms. The Labute approximate surface area is 133 Å². The number of benzene rings is 2. The van der Waals surface area contributed by atoms with Gasteiger partial charge in [-0.3, -0.25) is 4.79 Å². The molecule has 1 saturated heterocycles. The van der Waals surface area contributed by atoms with Crippen molar-refractivity contribution in [3.8, 4) is 0 Å². The number of carbonyl (C=O) groups is 1. The summed E-state index contributed by atoms with van der Waals surface area (Å²) in [5.41, 5.74) is 1.22. The maximum absolute atomic E-state index is 13.9. The standard InChI is InChI=1S/C18H17F2NO2/c19-14-7-5-13(6-8-14)11-18(22)21-9-10-23-17(12-21)15-3-1-2-4-16(15)20/h1-8,17H,9-12H2. The second-order valence-corrected chi connectivity index (χ2v) is 5.52. The molecule has 1 heterocycles. The summed E-state index contributed by atoms with van der Waals surface area (Å²) in [6.07, 6.45) is -0.258. The first-order valence-corrected chi connectivity index (χ1v) is 7.52. The molecule has 0 spiro atoms. The first-order chi connectivity index (χ1) is 11.1. The molecule has 1 aliphatic heterocycles. The summed E-state index contributed by atoms with van der Waals surface area (Å²) in [5.74, 6) is -0.723. The number of amides is 1. The molecule has 0 radical (unpaired) electrons. The molecule has 1 aliphatic rings. The van der Waals surface area contributed by atoms with Crippen LogP contribution < -0.4 is 0 Å².